The second-order valence-electron chi connectivity index (χ2n) is 4.61. The van der Waals surface area contributed by atoms with Crippen LogP contribution in [0.2, 0.25) is 0 Å². The minimum Gasteiger partial charge on any atom is -0.481 e. The van der Waals surface area contributed by atoms with Gasteiger partial charge in [-0.2, -0.15) is 0 Å². The van der Waals surface area contributed by atoms with E-state index in [0.29, 0.717) is 12.3 Å². The minimum atomic E-state index is -0.405. The van der Waals surface area contributed by atoms with Crippen molar-refractivity contribution in [2.24, 2.45) is 5.41 Å². The van der Waals surface area contributed by atoms with E-state index in [-0.39, 0.29) is 5.41 Å². The molecule has 0 saturated carbocycles. The molecular weight excluding hydrogens is 204 g/mol. The normalized spacial score (nSPS) is 13.6. The van der Waals surface area contributed by atoms with Crippen LogP contribution in [0.3, 0.4) is 0 Å². The van der Waals surface area contributed by atoms with Crippen LogP contribution in [0.15, 0.2) is 12.4 Å². The Kier molecular flexibility index (Phi) is 4.24. The molecule has 0 aliphatic carbocycles. The monoisotopic (exact) mass is 224 g/mol. The summed E-state index contributed by atoms with van der Waals surface area (Å²) in [4.78, 5) is 8.06. The van der Waals surface area contributed by atoms with Gasteiger partial charge in [0.15, 0.2) is 0 Å². The fourth-order valence-corrected chi connectivity index (χ4v) is 1.31. The third-order valence-corrected chi connectivity index (χ3v) is 3.12. The highest BCUT2D eigenvalue weighted by Gasteiger charge is 2.26. The van der Waals surface area contributed by atoms with E-state index in [1.165, 1.54) is 6.33 Å². The number of ether oxygens (including phenoxy) is 1. The summed E-state index contributed by atoms with van der Waals surface area (Å²) in [6.07, 6.45) is 2.51. The van der Waals surface area contributed by atoms with Crippen LogP contribution in [-0.4, -0.2) is 28.3 Å². The van der Waals surface area contributed by atoms with Crippen molar-refractivity contribution in [3.63, 3.8) is 0 Å². The molecule has 0 aliphatic heterocycles. The summed E-state index contributed by atoms with van der Waals surface area (Å²) < 4.78 is 5.02. The van der Waals surface area contributed by atoms with E-state index in [0.717, 1.165) is 12.1 Å². The second kappa shape index (κ2) is 5.25. The van der Waals surface area contributed by atoms with Crippen molar-refractivity contribution in [2.75, 3.05) is 7.11 Å². The van der Waals surface area contributed by atoms with Gasteiger partial charge in [0.1, 0.15) is 6.33 Å². The maximum atomic E-state index is 10.1. The van der Waals surface area contributed by atoms with E-state index in [9.17, 15) is 5.11 Å². The molecule has 90 valence electrons. The van der Waals surface area contributed by atoms with Gasteiger partial charge >= 0.3 is 0 Å². The highest BCUT2D eigenvalue weighted by atomic mass is 16.5. The largest absolute Gasteiger partial charge is 0.481 e. The average molecular weight is 224 g/mol. The molecule has 1 N–H and O–H groups in total. The lowest BCUT2D eigenvalue weighted by Gasteiger charge is -2.28. The Morgan fingerprint density at radius 2 is 2.12 bits per heavy atom. The van der Waals surface area contributed by atoms with E-state index in [4.69, 9.17) is 4.74 Å². The highest BCUT2D eigenvalue weighted by molar-refractivity contribution is 5.14. The smallest absolute Gasteiger partial charge is 0.216 e. The first kappa shape index (κ1) is 12.9. The van der Waals surface area contributed by atoms with E-state index < -0.39 is 6.10 Å². The summed E-state index contributed by atoms with van der Waals surface area (Å²) in [6.45, 7) is 6.18. The molecule has 0 amide bonds. The Morgan fingerprint density at radius 1 is 1.44 bits per heavy atom. The lowest BCUT2D eigenvalue weighted by Crippen LogP contribution is -2.30. The topological polar surface area (TPSA) is 55.2 Å². The number of nitrogens with zero attached hydrogens (tertiary/aromatic N) is 2. The highest BCUT2D eigenvalue weighted by Crippen LogP contribution is 2.27. The van der Waals surface area contributed by atoms with Crippen molar-refractivity contribution in [2.45, 2.75) is 39.7 Å². The standard InChI is InChI=1S/C12H20N2O2/c1-5-12(2,3)10(15)6-9-7-11(16-4)14-8-13-9/h7-8,10,15H,5-6H2,1-4H3. The molecule has 0 aliphatic rings. The summed E-state index contributed by atoms with van der Waals surface area (Å²) in [6, 6.07) is 1.76. The first-order valence-electron chi connectivity index (χ1n) is 5.52. The molecular formula is C12H20N2O2. The van der Waals surface area contributed by atoms with Crippen LogP contribution in [0.4, 0.5) is 0 Å². The number of hydrogen-bond donors (Lipinski definition) is 1. The Bertz CT molecular complexity index is 340. The summed E-state index contributed by atoms with van der Waals surface area (Å²) in [5, 5.41) is 10.1. The zero-order chi connectivity index (χ0) is 12.2. The fraction of sp³-hybridized carbons (Fsp3) is 0.667. The van der Waals surface area contributed by atoms with E-state index in [1.807, 2.05) is 0 Å². The van der Waals surface area contributed by atoms with Gasteiger partial charge in [0, 0.05) is 12.5 Å². The van der Waals surface area contributed by atoms with Crippen LogP contribution in [0.1, 0.15) is 32.9 Å². The molecule has 0 aromatic carbocycles. The summed E-state index contributed by atoms with van der Waals surface area (Å²) >= 11 is 0. The molecule has 0 bridgehead atoms. The number of aliphatic hydroxyl groups is 1. The molecule has 4 nitrogen and oxygen atoms in total. The third-order valence-electron chi connectivity index (χ3n) is 3.12. The van der Waals surface area contributed by atoms with Crippen molar-refractivity contribution in [1.29, 1.82) is 0 Å². The number of aromatic nitrogens is 2. The van der Waals surface area contributed by atoms with Crippen LogP contribution >= 0.6 is 0 Å². The third kappa shape index (κ3) is 3.17. The summed E-state index contributed by atoms with van der Waals surface area (Å²) in [5.74, 6) is 0.534. The lowest BCUT2D eigenvalue weighted by atomic mass is 9.82. The van der Waals surface area contributed by atoms with Crippen LogP contribution in [0.5, 0.6) is 5.88 Å². The van der Waals surface area contributed by atoms with Gasteiger partial charge in [0.05, 0.1) is 18.9 Å². The van der Waals surface area contributed by atoms with Gasteiger partial charge in [0.2, 0.25) is 5.88 Å². The molecule has 4 heteroatoms. The molecule has 1 aromatic heterocycles. The molecule has 0 fully saturated rings. The summed E-state index contributed by atoms with van der Waals surface area (Å²) in [7, 11) is 1.57. The molecule has 0 radical (unpaired) electrons. The van der Waals surface area contributed by atoms with Crippen molar-refractivity contribution in [3.05, 3.63) is 18.1 Å². The molecule has 0 spiro atoms. The molecule has 1 aromatic rings. The van der Waals surface area contributed by atoms with Gasteiger partial charge < -0.3 is 9.84 Å². The predicted molar refractivity (Wildman–Crippen MR) is 62.4 cm³/mol. The van der Waals surface area contributed by atoms with Gasteiger partial charge in [-0.25, -0.2) is 9.97 Å². The number of aliphatic hydroxyl groups excluding tert-OH is 1. The number of methoxy groups -OCH3 is 1. The molecule has 0 saturated heterocycles. The summed E-state index contributed by atoms with van der Waals surface area (Å²) in [5.41, 5.74) is 0.707. The van der Waals surface area contributed by atoms with Crippen LogP contribution < -0.4 is 4.74 Å². The molecule has 1 unspecified atom stereocenters. The zero-order valence-electron chi connectivity index (χ0n) is 10.4. The SMILES string of the molecule is CCC(C)(C)C(O)Cc1cc(OC)ncn1. The van der Waals surface area contributed by atoms with Crippen molar-refractivity contribution >= 4 is 0 Å². The molecule has 16 heavy (non-hydrogen) atoms. The van der Waals surface area contributed by atoms with Crippen LogP contribution in [0.25, 0.3) is 0 Å². The van der Waals surface area contributed by atoms with Crippen molar-refractivity contribution in [3.8, 4) is 5.88 Å². The van der Waals surface area contributed by atoms with Crippen LogP contribution in [-0.2, 0) is 6.42 Å². The molecule has 1 heterocycles. The fourth-order valence-electron chi connectivity index (χ4n) is 1.31. The first-order valence-corrected chi connectivity index (χ1v) is 5.52. The minimum absolute atomic E-state index is 0.0990. The molecule has 1 atom stereocenters. The van der Waals surface area contributed by atoms with Crippen molar-refractivity contribution in [1.82, 2.24) is 9.97 Å². The zero-order valence-corrected chi connectivity index (χ0v) is 10.4. The number of hydrogen-bond acceptors (Lipinski definition) is 4. The van der Waals surface area contributed by atoms with Gasteiger partial charge in [-0.3, -0.25) is 0 Å². The Balaban J connectivity index is 2.72. The second-order valence-corrected chi connectivity index (χ2v) is 4.61. The quantitative estimate of drug-likeness (QED) is 0.829. The number of rotatable bonds is 5. The van der Waals surface area contributed by atoms with Gasteiger partial charge in [-0.05, 0) is 11.8 Å². The average Bonchev–Trinajstić information content (AvgIpc) is 2.29. The first-order chi connectivity index (χ1) is 7.49. The predicted octanol–water partition coefficient (Wildman–Crippen LogP) is 1.82. The van der Waals surface area contributed by atoms with Gasteiger partial charge in [-0.15, -0.1) is 0 Å². The lowest BCUT2D eigenvalue weighted by molar-refractivity contribution is 0.0471. The van der Waals surface area contributed by atoms with Crippen molar-refractivity contribution < 1.29 is 9.84 Å². The Hall–Kier alpha value is -1.16. The maximum absolute atomic E-state index is 10.1. The Morgan fingerprint density at radius 3 is 2.69 bits per heavy atom. The van der Waals surface area contributed by atoms with E-state index >= 15 is 0 Å². The molecule has 1 rings (SSSR count). The van der Waals surface area contributed by atoms with Crippen LogP contribution in [0, 0.1) is 5.41 Å². The maximum Gasteiger partial charge on any atom is 0.216 e. The van der Waals surface area contributed by atoms with E-state index in [1.54, 1.807) is 13.2 Å². The van der Waals surface area contributed by atoms with Gasteiger partial charge in [-0.1, -0.05) is 20.8 Å². The van der Waals surface area contributed by atoms with E-state index in [2.05, 4.69) is 30.7 Å². The Labute approximate surface area is 96.7 Å². The van der Waals surface area contributed by atoms with Gasteiger partial charge in [0.25, 0.3) is 0 Å².